The molecule has 1 aromatic carbocycles. The van der Waals surface area contributed by atoms with Crippen molar-refractivity contribution in [3.63, 3.8) is 0 Å². The van der Waals surface area contributed by atoms with Crippen LogP contribution in [0.2, 0.25) is 0 Å². The van der Waals surface area contributed by atoms with E-state index in [0.717, 1.165) is 5.69 Å². The molecule has 0 aliphatic heterocycles. The molecule has 23 heavy (non-hydrogen) atoms. The van der Waals surface area contributed by atoms with Crippen LogP contribution in [0.5, 0.6) is 0 Å². The molecule has 7 nitrogen and oxygen atoms in total. The minimum absolute atomic E-state index is 0.00244. The van der Waals surface area contributed by atoms with E-state index in [-0.39, 0.29) is 12.2 Å². The van der Waals surface area contributed by atoms with Crippen LogP contribution in [0.25, 0.3) is 5.69 Å². The maximum atomic E-state index is 12.1. The average molecular weight is 312 g/mol. The topological polar surface area (TPSA) is 93.2 Å². The lowest BCUT2D eigenvalue weighted by molar-refractivity contribution is 0.0329. The lowest BCUT2D eigenvalue weighted by atomic mass is 10.0. The minimum atomic E-state index is -1.30. The fraction of sp³-hybridized carbons (Fsp3) is 0.188. The van der Waals surface area contributed by atoms with E-state index < -0.39 is 11.5 Å². The number of aromatic nitrogens is 3. The van der Waals surface area contributed by atoms with E-state index in [2.05, 4.69) is 15.5 Å². The molecule has 0 saturated heterocycles. The molecule has 2 heterocycles. The smallest absolute Gasteiger partial charge is 0.273 e. The van der Waals surface area contributed by atoms with Crippen LogP contribution in [0.3, 0.4) is 0 Å². The number of hydrogen-bond donors (Lipinski definition) is 2. The number of carbonyl (C=O) groups is 1. The van der Waals surface area contributed by atoms with E-state index in [1.165, 1.54) is 17.3 Å². The highest BCUT2D eigenvalue weighted by Gasteiger charge is 2.27. The van der Waals surface area contributed by atoms with Crippen molar-refractivity contribution in [3.8, 4) is 5.69 Å². The van der Waals surface area contributed by atoms with Crippen LogP contribution in [-0.2, 0) is 5.60 Å². The molecule has 1 unspecified atom stereocenters. The molecule has 118 valence electrons. The van der Waals surface area contributed by atoms with Crippen LogP contribution in [0.15, 0.2) is 59.3 Å². The van der Waals surface area contributed by atoms with Gasteiger partial charge in [0.15, 0.2) is 5.69 Å². The third-order valence-corrected chi connectivity index (χ3v) is 3.36. The van der Waals surface area contributed by atoms with Gasteiger partial charge < -0.3 is 14.8 Å². The molecule has 3 rings (SSSR count). The van der Waals surface area contributed by atoms with Gasteiger partial charge in [-0.3, -0.25) is 4.79 Å². The van der Waals surface area contributed by atoms with Crippen molar-refractivity contribution < 1.29 is 14.3 Å². The fourth-order valence-corrected chi connectivity index (χ4v) is 2.07. The van der Waals surface area contributed by atoms with Crippen molar-refractivity contribution in [1.29, 1.82) is 0 Å². The zero-order valence-electron chi connectivity index (χ0n) is 12.5. The maximum absolute atomic E-state index is 12.1. The van der Waals surface area contributed by atoms with Crippen molar-refractivity contribution in [3.05, 3.63) is 66.4 Å². The van der Waals surface area contributed by atoms with E-state index in [9.17, 15) is 9.90 Å². The summed E-state index contributed by atoms with van der Waals surface area (Å²) in [7, 11) is 0. The highest BCUT2D eigenvalue weighted by atomic mass is 16.4. The van der Waals surface area contributed by atoms with Crippen LogP contribution in [-0.4, -0.2) is 32.6 Å². The first-order chi connectivity index (χ1) is 11.1. The number of para-hydroxylation sites is 1. The molecular weight excluding hydrogens is 296 g/mol. The largest absolute Gasteiger partial charge is 0.466 e. The summed E-state index contributed by atoms with van der Waals surface area (Å²) in [6, 6.07) is 12.6. The Bertz CT molecular complexity index is 779. The standard InChI is InChI=1S/C16H16N4O3/c1-16(22,14-8-5-9-23-14)11-17-15(21)13-10-18-20(19-13)12-6-3-2-4-7-12/h2-10,22H,11H2,1H3,(H,17,21). The number of benzene rings is 1. The molecular formula is C16H16N4O3. The van der Waals surface area contributed by atoms with Gasteiger partial charge in [0.2, 0.25) is 0 Å². The summed E-state index contributed by atoms with van der Waals surface area (Å²) in [4.78, 5) is 13.5. The fourth-order valence-electron chi connectivity index (χ4n) is 2.07. The Morgan fingerprint density at radius 1 is 1.30 bits per heavy atom. The Hall–Kier alpha value is -2.93. The zero-order valence-corrected chi connectivity index (χ0v) is 12.5. The number of furan rings is 1. The van der Waals surface area contributed by atoms with Crippen LogP contribution >= 0.6 is 0 Å². The second-order valence-corrected chi connectivity index (χ2v) is 5.29. The van der Waals surface area contributed by atoms with E-state index >= 15 is 0 Å². The van der Waals surface area contributed by atoms with Crippen molar-refractivity contribution in [1.82, 2.24) is 20.3 Å². The lowest BCUT2D eigenvalue weighted by Gasteiger charge is -2.20. The molecule has 0 fully saturated rings. The maximum Gasteiger partial charge on any atom is 0.273 e. The summed E-state index contributed by atoms with van der Waals surface area (Å²) < 4.78 is 5.16. The van der Waals surface area contributed by atoms with Gasteiger partial charge in [-0.25, -0.2) is 0 Å². The van der Waals surface area contributed by atoms with E-state index in [0.29, 0.717) is 5.76 Å². The van der Waals surface area contributed by atoms with Crippen LogP contribution in [0.4, 0.5) is 0 Å². The van der Waals surface area contributed by atoms with E-state index in [4.69, 9.17) is 4.42 Å². The Morgan fingerprint density at radius 2 is 2.09 bits per heavy atom. The number of rotatable bonds is 5. The quantitative estimate of drug-likeness (QED) is 0.744. The highest BCUT2D eigenvalue weighted by molar-refractivity contribution is 5.91. The van der Waals surface area contributed by atoms with Crippen LogP contribution < -0.4 is 5.32 Å². The van der Waals surface area contributed by atoms with Gasteiger partial charge in [-0.1, -0.05) is 18.2 Å². The Kier molecular flexibility index (Phi) is 3.94. The third kappa shape index (κ3) is 3.29. The Morgan fingerprint density at radius 3 is 2.78 bits per heavy atom. The summed E-state index contributed by atoms with van der Waals surface area (Å²) in [6.07, 6.45) is 2.85. The second-order valence-electron chi connectivity index (χ2n) is 5.29. The third-order valence-electron chi connectivity index (χ3n) is 3.36. The monoisotopic (exact) mass is 312 g/mol. The molecule has 7 heteroatoms. The van der Waals surface area contributed by atoms with Crippen molar-refractivity contribution in [2.45, 2.75) is 12.5 Å². The molecule has 0 saturated carbocycles. The summed E-state index contributed by atoms with van der Waals surface area (Å²) in [5, 5.41) is 21.1. The average Bonchev–Trinajstić information content (AvgIpc) is 3.25. The van der Waals surface area contributed by atoms with E-state index in [1.807, 2.05) is 30.3 Å². The molecule has 1 atom stereocenters. The summed E-state index contributed by atoms with van der Waals surface area (Å²) in [5.41, 5.74) is -0.368. The Balaban J connectivity index is 1.66. The van der Waals surface area contributed by atoms with Gasteiger partial charge in [0, 0.05) is 0 Å². The molecule has 2 aromatic heterocycles. The van der Waals surface area contributed by atoms with Gasteiger partial charge in [0.25, 0.3) is 5.91 Å². The van der Waals surface area contributed by atoms with Crippen molar-refractivity contribution in [2.75, 3.05) is 6.54 Å². The van der Waals surface area contributed by atoms with Crippen LogP contribution in [0, 0.1) is 0 Å². The van der Waals surface area contributed by atoms with Crippen LogP contribution in [0.1, 0.15) is 23.2 Å². The molecule has 0 aliphatic carbocycles. The molecule has 0 aliphatic rings. The molecule has 0 bridgehead atoms. The van der Waals surface area contributed by atoms with Gasteiger partial charge in [0.1, 0.15) is 11.4 Å². The zero-order chi connectivity index (χ0) is 16.3. The first-order valence-corrected chi connectivity index (χ1v) is 7.08. The second kappa shape index (κ2) is 6.05. The summed E-state index contributed by atoms with van der Waals surface area (Å²) in [5.74, 6) is -0.0373. The van der Waals surface area contributed by atoms with Gasteiger partial charge in [0.05, 0.1) is 24.7 Å². The highest BCUT2D eigenvalue weighted by Crippen LogP contribution is 2.19. The SMILES string of the molecule is CC(O)(CNC(=O)c1cnn(-c2ccccc2)n1)c1ccco1. The first-order valence-electron chi connectivity index (χ1n) is 7.08. The molecule has 0 spiro atoms. The lowest BCUT2D eigenvalue weighted by Crippen LogP contribution is -2.38. The minimum Gasteiger partial charge on any atom is -0.466 e. The number of amides is 1. The number of nitrogens with zero attached hydrogens (tertiary/aromatic N) is 3. The molecule has 1 amide bonds. The van der Waals surface area contributed by atoms with Gasteiger partial charge in [-0.05, 0) is 31.2 Å². The predicted molar refractivity (Wildman–Crippen MR) is 82.0 cm³/mol. The Labute approximate surface area is 132 Å². The number of aliphatic hydroxyl groups is 1. The van der Waals surface area contributed by atoms with Gasteiger partial charge in [-0.15, -0.1) is 5.10 Å². The number of hydrogen-bond acceptors (Lipinski definition) is 5. The van der Waals surface area contributed by atoms with Gasteiger partial charge >= 0.3 is 0 Å². The first kappa shape index (κ1) is 15.0. The summed E-state index contributed by atoms with van der Waals surface area (Å²) in [6.45, 7) is 1.56. The normalized spacial score (nSPS) is 13.5. The molecule has 0 radical (unpaired) electrons. The molecule has 3 aromatic rings. The van der Waals surface area contributed by atoms with E-state index in [1.54, 1.807) is 19.1 Å². The van der Waals surface area contributed by atoms with Crippen molar-refractivity contribution >= 4 is 5.91 Å². The summed E-state index contributed by atoms with van der Waals surface area (Å²) >= 11 is 0. The number of carbonyl (C=O) groups excluding carboxylic acids is 1. The van der Waals surface area contributed by atoms with Crippen molar-refractivity contribution in [2.24, 2.45) is 0 Å². The predicted octanol–water partition coefficient (Wildman–Crippen LogP) is 1.50. The van der Waals surface area contributed by atoms with Gasteiger partial charge in [-0.2, -0.15) is 9.90 Å². The number of nitrogens with one attached hydrogen (secondary N) is 1. The molecule has 2 N–H and O–H groups in total.